The molecule has 4 heteroatoms. The van der Waals surface area contributed by atoms with Crippen molar-refractivity contribution in [1.29, 1.82) is 0 Å². The van der Waals surface area contributed by atoms with Crippen molar-refractivity contribution in [2.45, 2.75) is 52.1 Å². The van der Waals surface area contributed by atoms with Crippen LogP contribution in [0.1, 0.15) is 55.6 Å². The van der Waals surface area contributed by atoms with Crippen molar-refractivity contribution in [3.63, 3.8) is 0 Å². The fourth-order valence-corrected chi connectivity index (χ4v) is 2.54. The Labute approximate surface area is 113 Å². The lowest BCUT2D eigenvalue weighted by atomic mass is 9.88. The molecule has 1 aliphatic carbocycles. The van der Waals surface area contributed by atoms with Crippen LogP contribution in [0.3, 0.4) is 0 Å². The van der Waals surface area contributed by atoms with E-state index in [4.69, 9.17) is 9.84 Å². The normalized spacial score (nSPS) is 23.1. The molecule has 0 aromatic carbocycles. The van der Waals surface area contributed by atoms with Gasteiger partial charge in [-0.2, -0.15) is 0 Å². The summed E-state index contributed by atoms with van der Waals surface area (Å²) in [5.41, 5.74) is 1.02. The minimum Gasteiger partial charge on any atom is -0.478 e. The van der Waals surface area contributed by atoms with E-state index in [1.807, 2.05) is 6.92 Å². The van der Waals surface area contributed by atoms with E-state index in [0.29, 0.717) is 18.2 Å². The maximum Gasteiger partial charge on any atom is 0.335 e. The minimum absolute atomic E-state index is 0.162. The van der Waals surface area contributed by atoms with Gasteiger partial charge in [-0.25, -0.2) is 9.78 Å². The summed E-state index contributed by atoms with van der Waals surface area (Å²) in [6.07, 6.45) is 5.50. The van der Waals surface area contributed by atoms with Crippen LogP contribution in [-0.4, -0.2) is 22.2 Å². The maximum atomic E-state index is 11.1. The van der Waals surface area contributed by atoms with Crippen LogP contribution in [-0.2, 0) is 6.42 Å². The number of aromatic nitrogens is 1. The predicted molar refractivity (Wildman–Crippen MR) is 72.6 cm³/mol. The lowest BCUT2D eigenvalue weighted by Crippen LogP contribution is -2.28. The van der Waals surface area contributed by atoms with Gasteiger partial charge in [0.2, 0.25) is 5.88 Å². The van der Waals surface area contributed by atoms with Gasteiger partial charge in [0, 0.05) is 11.8 Å². The summed E-state index contributed by atoms with van der Waals surface area (Å²) >= 11 is 0. The summed E-state index contributed by atoms with van der Waals surface area (Å²) in [5.74, 6) is 0.0308. The summed E-state index contributed by atoms with van der Waals surface area (Å²) in [7, 11) is 0. The fourth-order valence-electron chi connectivity index (χ4n) is 2.54. The van der Waals surface area contributed by atoms with E-state index in [1.54, 1.807) is 6.07 Å². The second-order valence-electron chi connectivity index (χ2n) is 5.26. The molecule has 104 valence electrons. The number of carboxylic acid groups (broad SMARTS) is 1. The third-order valence-corrected chi connectivity index (χ3v) is 3.77. The molecule has 1 heterocycles. The van der Waals surface area contributed by atoms with Crippen LogP contribution in [0.15, 0.2) is 12.1 Å². The Bertz CT molecular complexity index is 459. The maximum absolute atomic E-state index is 11.1. The van der Waals surface area contributed by atoms with E-state index in [0.717, 1.165) is 12.1 Å². The molecule has 1 aliphatic rings. The zero-order chi connectivity index (χ0) is 13.8. The van der Waals surface area contributed by atoms with Crippen molar-refractivity contribution in [2.24, 2.45) is 5.92 Å². The molecule has 4 nitrogen and oxygen atoms in total. The molecule has 0 aliphatic heterocycles. The molecule has 1 saturated carbocycles. The average molecular weight is 263 g/mol. The molecule has 1 aromatic rings. The van der Waals surface area contributed by atoms with E-state index in [1.165, 1.54) is 25.3 Å². The summed E-state index contributed by atoms with van der Waals surface area (Å²) < 4.78 is 5.93. The minimum atomic E-state index is -0.932. The van der Waals surface area contributed by atoms with Crippen LogP contribution in [0.4, 0.5) is 0 Å². The number of aryl methyl sites for hydroxylation is 1. The molecule has 0 radical (unpaired) electrons. The molecular weight excluding hydrogens is 242 g/mol. The van der Waals surface area contributed by atoms with Gasteiger partial charge in [0.05, 0.1) is 5.56 Å². The fraction of sp³-hybridized carbons (Fsp3) is 0.600. The van der Waals surface area contributed by atoms with Gasteiger partial charge in [-0.05, 0) is 37.7 Å². The number of ether oxygens (including phenoxy) is 1. The highest BCUT2D eigenvalue weighted by molar-refractivity contribution is 5.88. The van der Waals surface area contributed by atoms with Crippen LogP contribution >= 0.6 is 0 Å². The number of nitrogens with zero attached hydrogens (tertiary/aromatic N) is 1. The Morgan fingerprint density at radius 2 is 2.16 bits per heavy atom. The number of hydrogen-bond donors (Lipinski definition) is 1. The van der Waals surface area contributed by atoms with Gasteiger partial charge in [0.15, 0.2) is 0 Å². The second kappa shape index (κ2) is 6.04. The molecule has 19 heavy (non-hydrogen) atoms. The zero-order valence-electron chi connectivity index (χ0n) is 11.6. The lowest BCUT2D eigenvalue weighted by Gasteiger charge is -2.29. The van der Waals surface area contributed by atoms with E-state index in [-0.39, 0.29) is 11.7 Å². The highest BCUT2D eigenvalue weighted by Crippen LogP contribution is 2.27. The molecule has 0 saturated heterocycles. The highest BCUT2D eigenvalue weighted by atomic mass is 16.5. The monoisotopic (exact) mass is 263 g/mol. The van der Waals surface area contributed by atoms with Crippen molar-refractivity contribution < 1.29 is 14.6 Å². The molecule has 0 bridgehead atoms. The van der Waals surface area contributed by atoms with E-state index in [9.17, 15) is 4.79 Å². The third-order valence-electron chi connectivity index (χ3n) is 3.77. The molecule has 2 rings (SSSR count). The van der Waals surface area contributed by atoms with Gasteiger partial charge in [-0.3, -0.25) is 0 Å². The van der Waals surface area contributed by atoms with E-state index in [2.05, 4.69) is 11.9 Å². The van der Waals surface area contributed by atoms with Crippen molar-refractivity contribution in [2.75, 3.05) is 0 Å². The summed E-state index contributed by atoms with van der Waals surface area (Å²) in [5, 5.41) is 9.10. The number of aromatic carboxylic acids is 1. The molecule has 0 spiro atoms. The molecule has 1 aromatic heterocycles. The van der Waals surface area contributed by atoms with Gasteiger partial charge >= 0.3 is 5.97 Å². The number of pyridine rings is 1. The van der Waals surface area contributed by atoms with Gasteiger partial charge in [-0.15, -0.1) is 0 Å². The molecule has 0 amide bonds. The number of hydrogen-bond acceptors (Lipinski definition) is 3. The summed E-state index contributed by atoms with van der Waals surface area (Å²) in [6.45, 7) is 4.15. The van der Waals surface area contributed by atoms with Crippen molar-refractivity contribution in [1.82, 2.24) is 4.98 Å². The first-order chi connectivity index (χ1) is 9.10. The van der Waals surface area contributed by atoms with Crippen LogP contribution < -0.4 is 4.74 Å². The van der Waals surface area contributed by atoms with Crippen LogP contribution in [0.25, 0.3) is 0 Å². The van der Waals surface area contributed by atoms with Gasteiger partial charge < -0.3 is 9.84 Å². The van der Waals surface area contributed by atoms with Crippen LogP contribution in [0.5, 0.6) is 5.88 Å². The number of carboxylic acids is 1. The predicted octanol–water partition coefficient (Wildman–Crippen LogP) is 3.30. The molecular formula is C15H21NO3. The van der Waals surface area contributed by atoms with Gasteiger partial charge in [0.1, 0.15) is 6.10 Å². The van der Waals surface area contributed by atoms with Crippen molar-refractivity contribution in [3.8, 4) is 5.88 Å². The molecule has 2 unspecified atom stereocenters. The highest BCUT2D eigenvalue weighted by Gasteiger charge is 2.23. The summed E-state index contributed by atoms with van der Waals surface area (Å²) in [4.78, 5) is 15.5. The first kappa shape index (κ1) is 13.8. The Morgan fingerprint density at radius 1 is 1.42 bits per heavy atom. The summed E-state index contributed by atoms with van der Waals surface area (Å²) in [6, 6.07) is 3.14. The Balaban J connectivity index is 2.18. The van der Waals surface area contributed by atoms with Gasteiger partial charge in [-0.1, -0.05) is 20.3 Å². The first-order valence-electron chi connectivity index (χ1n) is 7.01. The topological polar surface area (TPSA) is 59.4 Å². The van der Waals surface area contributed by atoms with Gasteiger partial charge in [0.25, 0.3) is 0 Å². The number of carbonyl (C=O) groups is 1. The largest absolute Gasteiger partial charge is 0.478 e. The van der Waals surface area contributed by atoms with Crippen molar-refractivity contribution >= 4 is 5.97 Å². The van der Waals surface area contributed by atoms with Crippen LogP contribution in [0.2, 0.25) is 0 Å². The van der Waals surface area contributed by atoms with E-state index >= 15 is 0 Å². The molecule has 1 N–H and O–H groups in total. The SMILES string of the molecule is CCc1cc(C(=O)O)cc(OC2CCCCC2C)n1. The Morgan fingerprint density at radius 3 is 2.79 bits per heavy atom. The zero-order valence-corrected chi connectivity index (χ0v) is 11.6. The quantitative estimate of drug-likeness (QED) is 0.905. The first-order valence-corrected chi connectivity index (χ1v) is 7.01. The standard InChI is InChI=1S/C15H21NO3/c1-3-12-8-11(15(17)18)9-14(16-12)19-13-7-5-4-6-10(13)2/h8-10,13H,3-7H2,1-2H3,(H,17,18). The Hall–Kier alpha value is -1.58. The smallest absolute Gasteiger partial charge is 0.335 e. The average Bonchev–Trinajstić information content (AvgIpc) is 2.41. The van der Waals surface area contributed by atoms with E-state index < -0.39 is 5.97 Å². The third kappa shape index (κ3) is 3.46. The second-order valence-corrected chi connectivity index (χ2v) is 5.26. The van der Waals surface area contributed by atoms with Crippen molar-refractivity contribution in [3.05, 3.63) is 23.4 Å². The van der Waals surface area contributed by atoms with Crippen LogP contribution in [0, 0.1) is 5.92 Å². The lowest BCUT2D eigenvalue weighted by molar-refractivity contribution is 0.0692. The Kier molecular flexibility index (Phi) is 4.40. The molecule has 1 fully saturated rings. The number of rotatable bonds is 4. The molecule has 2 atom stereocenters.